The summed E-state index contributed by atoms with van der Waals surface area (Å²) in [5.74, 6) is 0.847. The molecule has 0 fully saturated rings. The molecular weight excluding hydrogens is 314 g/mol. The molecule has 0 bridgehead atoms. The molecule has 0 aliphatic heterocycles. The van der Waals surface area contributed by atoms with E-state index in [0.29, 0.717) is 4.99 Å². The van der Waals surface area contributed by atoms with E-state index < -0.39 is 0 Å². The van der Waals surface area contributed by atoms with Crippen molar-refractivity contribution in [3.63, 3.8) is 0 Å². The van der Waals surface area contributed by atoms with Gasteiger partial charge in [-0.2, -0.15) is 0 Å². The Balaban J connectivity index is 2.12. The highest BCUT2D eigenvalue weighted by atomic mass is 32.1. The second kappa shape index (κ2) is 6.97. The second-order valence-electron chi connectivity index (χ2n) is 6.12. The first-order chi connectivity index (χ1) is 11.6. The highest BCUT2D eigenvalue weighted by Crippen LogP contribution is 2.26. The van der Waals surface area contributed by atoms with E-state index in [9.17, 15) is 0 Å². The topological polar surface area (TPSA) is 42.2 Å². The van der Waals surface area contributed by atoms with Crippen molar-refractivity contribution < 1.29 is 0 Å². The molecule has 0 atom stereocenters. The third-order valence-corrected chi connectivity index (χ3v) is 4.28. The molecule has 0 saturated carbocycles. The summed E-state index contributed by atoms with van der Waals surface area (Å²) in [6.45, 7) is 5.08. The summed E-state index contributed by atoms with van der Waals surface area (Å²) in [5, 5.41) is 1.05. The number of benzene rings is 2. The van der Waals surface area contributed by atoms with Crippen LogP contribution in [0.25, 0.3) is 10.9 Å². The van der Waals surface area contributed by atoms with Crippen molar-refractivity contribution in [1.82, 2.24) is 4.98 Å². The molecule has 4 heteroatoms. The average molecular weight is 335 g/mol. The molecule has 3 aromatic rings. The van der Waals surface area contributed by atoms with Crippen molar-refractivity contribution in [3.8, 4) is 0 Å². The lowest BCUT2D eigenvalue weighted by Crippen LogP contribution is -2.33. The number of aromatic nitrogens is 1. The molecular formula is C20H21N3S. The monoisotopic (exact) mass is 335 g/mol. The zero-order valence-corrected chi connectivity index (χ0v) is 14.8. The minimum atomic E-state index is 0.270. The average Bonchev–Trinajstić information content (AvgIpc) is 2.59. The molecule has 2 N–H and O–H groups in total. The zero-order valence-electron chi connectivity index (χ0n) is 13.9. The Morgan fingerprint density at radius 3 is 2.42 bits per heavy atom. The number of anilines is 1. The lowest BCUT2D eigenvalue weighted by molar-refractivity contribution is 0.673. The van der Waals surface area contributed by atoms with Crippen LogP contribution < -0.4 is 10.6 Å². The maximum atomic E-state index is 6.00. The first-order valence-electron chi connectivity index (χ1n) is 8.06. The lowest BCUT2D eigenvalue weighted by Gasteiger charge is -2.30. The molecule has 2 aromatic carbocycles. The smallest absolute Gasteiger partial charge is 0.140 e. The van der Waals surface area contributed by atoms with Gasteiger partial charge in [0.1, 0.15) is 10.8 Å². The fourth-order valence-electron chi connectivity index (χ4n) is 2.79. The third kappa shape index (κ3) is 3.39. The summed E-state index contributed by atoms with van der Waals surface area (Å²) < 4.78 is 0. The molecule has 0 radical (unpaired) electrons. The number of hydrogen-bond acceptors (Lipinski definition) is 3. The van der Waals surface area contributed by atoms with Crippen LogP contribution in [-0.2, 0) is 6.54 Å². The van der Waals surface area contributed by atoms with Crippen LogP contribution in [0.5, 0.6) is 0 Å². The minimum Gasteiger partial charge on any atom is -0.389 e. The van der Waals surface area contributed by atoms with Gasteiger partial charge in [0.2, 0.25) is 0 Å². The van der Waals surface area contributed by atoms with Crippen LogP contribution in [0, 0.1) is 0 Å². The maximum absolute atomic E-state index is 6.00. The normalized spacial score (nSPS) is 11.0. The summed E-state index contributed by atoms with van der Waals surface area (Å²) in [5.41, 5.74) is 9.01. The maximum Gasteiger partial charge on any atom is 0.140 e. The molecule has 0 unspecified atom stereocenters. The molecule has 1 heterocycles. The highest BCUT2D eigenvalue weighted by molar-refractivity contribution is 7.80. The van der Waals surface area contributed by atoms with E-state index in [1.807, 2.05) is 36.4 Å². The lowest BCUT2D eigenvalue weighted by atomic mass is 10.1. The molecule has 3 rings (SSSR count). The molecule has 0 aliphatic rings. The van der Waals surface area contributed by atoms with Crippen LogP contribution in [0.15, 0.2) is 60.7 Å². The van der Waals surface area contributed by atoms with Crippen LogP contribution >= 0.6 is 12.2 Å². The van der Waals surface area contributed by atoms with Gasteiger partial charge in [-0.1, -0.05) is 60.7 Å². The molecule has 1 aromatic heterocycles. The first-order valence-corrected chi connectivity index (χ1v) is 8.47. The summed E-state index contributed by atoms with van der Waals surface area (Å²) in [7, 11) is 0. The van der Waals surface area contributed by atoms with E-state index in [0.717, 1.165) is 28.8 Å². The van der Waals surface area contributed by atoms with E-state index in [-0.39, 0.29) is 6.04 Å². The highest BCUT2D eigenvalue weighted by Gasteiger charge is 2.19. The third-order valence-electron chi connectivity index (χ3n) is 4.06. The largest absolute Gasteiger partial charge is 0.389 e. The Hall–Kier alpha value is -2.46. The molecule has 0 aliphatic carbocycles. The van der Waals surface area contributed by atoms with Gasteiger partial charge in [-0.15, -0.1) is 0 Å². The van der Waals surface area contributed by atoms with Crippen molar-refractivity contribution >= 4 is 33.9 Å². The second-order valence-corrected chi connectivity index (χ2v) is 6.56. The summed E-state index contributed by atoms with van der Waals surface area (Å²) >= 11 is 5.29. The fraction of sp³-hybridized carbons (Fsp3) is 0.200. The minimum absolute atomic E-state index is 0.270. The van der Waals surface area contributed by atoms with Gasteiger partial charge in [-0.3, -0.25) is 0 Å². The van der Waals surface area contributed by atoms with Gasteiger partial charge >= 0.3 is 0 Å². The Kier molecular flexibility index (Phi) is 4.76. The van der Waals surface area contributed by atoms with E-state index in [1.54, 1.807) is 0 Å². The van der Waals surface area contributed by atoms with Crippen LogP contribution in [0.1, 0.15) is 25.0 Å². The van der Waals surface area contributed by atoms with Gasteiger partial charge in [-0.05, 0) is 31.5 Å². The molecule has 24 heavy (non-hydrogen) atoms. The van der Waals surface area contributed by atoms with Gasteiger partial charge in [0.15, 0.2) is 0 Å². The summed E-state index contributed by atoms with van der Waals surface area (Å²) in [6, 6.07) is 20.7. The number of para-hydroxylation sites is 1. The zero-order chi connectivity index (χ0) is 17.1. The van der Waals surface area contributed by atoms with Gasteiger partial charge in [-0.25, -0.2) is 4.98 Å². The molecule has 122 valence electrons. The predicted molar refractivity (Wildman–Crippen MR) is 105 cm³/mol. The van der Waals surface area contributed by atoms with Gasteiger partial charge in [0.25, 0.3) is 0 Å². The summed E-state index contributed by atoms with van der Waals surface area (Å²) in [6.07, 6.45) is 0. The van der Waals surface area contributed by atoms with E-state index in [2.05, 4.69) is 43.0 Å². The van der Waals surface area contributed by atoms with E-state index in [4.69, 9.17) is 22.9 Å². The number of rotatable bonds is 5. The molecule has 0 spiro atoms. The van der Waals surface area contributed by atoms with Crippen molar-refractivity contribution in [2.75, 3.05) is 4.90 Å². The predicted octanol–water partition coefficient (Wildman–Crippen LogP) is 4.28. The van der Waals surface area contributed by atoms with Crippen molar-refractivity contribution in [1.29, 1.82) is 0 Å². The molecule has 3 nitrogen and oxygen atoms in total. The number of hydrogen-bond donors (Lipinski definition) is 1. The number of thiocarbonyl (C=S) groups is 1. The number of nitrogens with two attached hydrogens (primary N) is 1. The Morgan fingerprint density at radius 2 is 1.75 bits per heavy atom. The fourth-order valence-corrected chi connectivity index (χ4v) is 2.94. The van der Waals surface area contributed by atoms with Crippen molar-refractivity contribution in [2.24, 2.45) is 5.73 Å². The van der Waals surface area contributed by atoms with Crippen molar-refractivity contribution in [2.45, 2.75) is 26.4 Å². The first kappa shape index (κ1) is 16.4. The van der Waals surface area contributed by atoms with Crippen LogP contribution in [-0.4, -0.2) is 16.0 Å². The van der Waals surface area contributed by atoms with E-state index in [1.165, 1.54) is 5.56 Å². The number of pyridine rings is 1. The van der Waals surface area contributed by atoms with E-state index >= 15 is 0 Å². The van der Waals surface area contributed by atoms with Gasteiger partial charge in [0.05, 0.1) is 11.1 Å². The molecule has 0 amide bonds. The van der Waals surface area contributed by atoms with Gasteiger partial charge < -0.3 is 10.6 Å². The number of fused-ring (bicyclic) bond motifs is 1. The number of nitrogens with zero attached hydrogens (tertiary/aromatic N) is 2. The quantitative estimate of drug-likeness (QED) is 0.707. The van der Waals surface area contributed by atoms with Crippen LogP contribution in [0.3, 0.4) is 0 Å². The van der Waals surface area contributed by atoms with Crippen molar-refractivity contribution in [3.05, 3.63) is 71.8 Å². The van der Waals surface area contributed by atoms with Crippen LogP contribution in [0.2, 0.25) is 0 Å². The van der Waals surface area contributed by atoms with Gasteiger partial charge in [0, 0.05) is 18.0 Å². The Bertz CT molecular complexity index is 859. The van der Waals surface area contributed by atoms with Crippen LogP contribution in [0.4, 0.5) is 5.82 Å². The Labute approximate surface area is 148 Å². The summed E-state index contributed by atoms with van der Waals surface area (Å²) in [4.78, 5) is 7.50. The molecule has 0 saturated heterocycles. The Morgan fingerprint density at radius 1 is 1.08 bits per heavy atom. The standard InChI is InChI=1S/C20H21N3S/c1-14(2)23(13-15-8-4-3-5-9-15)20-17(19(21)24)12-16-10-6-7-11-18(16)22-20/h3-12,14H,13H2,1-2H3,(H2,21,24). The SMILES string of the molecule is CC(C)N(Cc1ccccc1)c1nc2ccccc2cc1C(N)=S.